The summed E-state index contributed by atoms with van der Waals surface area (Å²) in [6, 6.07) is 1.89. The molecule has 0 radical (unpaired) electrons. The van der Waals surface area contributed by atoms with E-state index < -0.39 is 0 Å². The van der Waals surface area contributed by atoms with E-state index in [1.807, 2.05) is 33.8 Å². The number of carbonyl (C=O) groups is 4. The van der Waals surface area contributed by atoms with Gasteiger partial charge in [0.15, 0.2) is 0 Å². The number of rotatable bonds is 5. The van der Waals surface area contributed by atoms with Gasteiger partial charge in [-0.05, 0) is 33.8 Å². The number of aromatic nitrogens is 4. The maximum Gasteiger partial charge on any atom is 0.251 e. The number of hydrogen-bond donors (Lipinski definition) is 0. The number of hydrogen-bond acceptors (Lipinski definition) is 7. The molecule has 0 atom stereocenters. The lowest BCUT2D eigenvalue weighted by atomic mass is 10.1. The molecule has 2 aromatic heterocycles. The van der Waals surface area contributed by atoms with E-state index >= 15 is 0 Å². The van der Waals surface area contributed by atoms with E-state index in [-0.39, 0.29) is 49.4 Å². The lowest BCUT2D eigenvalue weighted by molar-refractivity contribution is -0.147. The van der Waals surface area contributed by atoms with Crippen LogP contribution in [0, 0.1) is 27.7 Å². The second-order valence-electron chi connectivity index (χ2n) is 8.82. The van der Waals surface area contributed by atoms with Crippen LogP contribution in [0.25, 0.3) is 5.95 Å². The van der Waals surface area contributed by atoms with Crippen molar-refractivity contribution >= 4 is 23.6 Å². The summed E-state index contributed by atoms with van der Waals surface area (Å²) < 4.78 is 1.68. The van der Waals surface area contributed by atoms with Gasteiger partial charge in [-0.15, -0.1) is 0 Å². The number of piperazine rings is 1. The van der Waals surface area contributed by atoms with E-state index in [1.54, 1.807) is 14.5 Å². The summed E-state index contributed by atoms with van der Waals surface area (Å²) in [5.41, 5.74) is 4.11. The summed E-state index contributed by atoms with van der Waals surface area (Å²) in [7, 11) is 0. The first-order valence-corrected chi connectivity index (χ1v) is 11.4. The van der Waals surface area contributed by atoms with Gasteiger partial charge in [0.25, 0.3) is 5.95 Å². The Kier molecular flexibility index (Phi) is 6.45. The van der Waals surface area contributed by atoms with Gasteiger partial charge in [-0.1, -0.05) is 0 Å². The minimum Gasteiger partial charge on any atom is -0.339 e. The molecule has 4 rings (SSSR count). The van der Waals surface area contributed by atoms with Crippen molar-refractivity contribution in [1.82, 2.24) is 34.4 Å². The first-order chi connectivity index (χ1) is 16.1. The molecule has 2 fully saturated rings. The predicted octanol–water partition coefficient (Wildman–Crippen LogP) is 0.258. The molecule has 11 nitrogen and oxygen atoms in total. The molecule has 2 aliphatic rings. The molecule has 11 heteroatoms. The van der Waals surface area contributed by atoms with E-state index in [4.69, 9.17) is 0 Å². The monoisotopic (exact) mass is 467 g/mol. The Balaban J connectivity index is 1.37. The van der Waals surface area contributed by atoms with Crippen LogP contribution < -0.4 is 0 Å². The van der Waals surface area contributed by atoms with Gasteiger partial charge in [0.2, 0.25) is 23.6 Å². The van der Waals surface area contributed by atoms with Gasteiger partial charge in [0, 0.05) is 61.7 Å². The highest BCUT2D eigenvalue weighted by Crippen LogP contribution is 2.19. The second kappa shape index (κ2) is 9.32. The summed E-state index contributed by atoms with van der Waals surface area (Å²) in [5, 5.41) is 4.57. The highest BCUT2D eigenvalue weighted by Gasteiger charge is 2.33. The molecule has 2 aliphatic heterocycles. The minimum atomic E-state index is -0.301. The molecular formula is C23H29N7O4. The standard InChI is InChI=1S/C23H29N7O4/c1-14-11-15(2)25-23(24-14)30-17(4)18(16(3)26-30)12-21(33)27-7-9-28(10-8-27)22(34)13-29-19(31)5-6-20(29)32/h11H,5-10,12-13H2,1-4H3. The third-order valence-electron chi connectivity index (χ3n) is 6.36. The van der Waals surface area contributed by atoms with Gasteiger partial charge < -0.3 is 9.80 Å². The van der Waals surface area contributed by atoms with Crippen molar-refractivity contribution in [3.63, 3.8) is 0 Å². The molecule has 0 aromatic carbocycles. The Hall–Kier alpha value is -3.63. The van der Waals surface area contributed by atoms with Gasteiger partial charge in [0.1, 0.15) is 6.54 Å². The zero-order chi connectivity index (χ0) is 24.6. The lowest BCUT2D eigenvalue weighted by Crippen LogP contribution is -2.53. The van der Waals surface area contributed by atoms with E-state index in [9.17, 15) is 19.2 Å². The number of imide groups is 1. The normalized spacial score (nSPS) is 16.5. The number of amides is 4. The van der Waals surface area contributed by atoms with Crippen LogP contribution in [0.15, 0.2) is 6.07 Å². The average molecular weight is 468 g/mol. The van der Waals surface area contributed by atoms with Crippen molar-refractivity contribution in [3.8, 4) is 5.95 Å². The fourth-order valence-corrected chi connectivity index (χ4v) is 4.43. The fraction of sp³-hybridized carbons (Fsp3) is 0.522. The van der Waals surface area contributed by atoms with Crippen LogP contribution >= 0.6 is 0 Å². The molecule has 4 amide bonds. The van der Waals surface area contributed by atoms with Crippen LogP contribution in [0.5, 0.6) is 0 Å². The Morgan fingerprint density at radius 1 is 0.853 bits per heavy atom. The van der Waals surface area contributed by atoms with Gasteiger partial charge >= 0.3 is 0 Å². The quantitative estimate of drug-likeness (QED) is 0.578. The summed E-state index contributed by atoms with van der Waals surface area (Å²) in [4.78, 5) is 62.4. The summed E-state index contributed by atoms with van der Waals surface area (Å²) in [6.07, 6.45) is 0.534. The van der Waals surface area contributed by atoms with Crippen molar-refractivity contribution in [2.24, 2.45) is 0 Å². The molecule has 2 saturated heterocycles. The molecule has 180 valence electrons. The minimum absolute atomic E-state index is 0.0379. The molecular weight excluding hydrogens is 438 g/mol. The molecule has 0 spiro atoms. The highest BCUT2D eigenvalue weighted by atomic mass is 16.2. The van der Waals surface area contributed by atoms with Gasteiger partial charge in [0.05, 0.1) is 12.1 Å². The van der Waals surface area contributed by atoms with Gasteiger partial charge in [-0.3, -0.25) is 24.1 Å². The maximum atomic E-state index is 13.0. The Morgan fingerprint density at radius 2 is 1.38 bits per heavy atom. The lowest BCUT2D eigenvalue weighted by Gasteiger charge is -2.35. The van der Waals surface area contributed by atoms with Crippen LogP contribution in [-0.4, -0.2) is 90.8 Å². The number of nitrogens with zero attached hydrogens (tertiary/aromatic N) is 7. The van der Waals surface area contributed by atoms with Crippen LogP contribution in [-0.2, 0) is 25.6 Å². The smallest absolute Gasteiger partial charge is 0.251 e. The summed E-state index contributed by atoms with van der Waals surface area (Å²) >= 11 is 0. The zero-order valence-electron chi connectivity index (χ0n) is 20.0. The van der Waals surface area contributed by atoms with Gasteiger partial charge in [-0.25, -0.2) is 14.6 Å². The van der Waals surface area contributed by atoms with Crippen molar-refractivity contribution in [2.45, 2.75) is 47.0 Å². The van der Waals surface area contributed by atoms with Crippen LogP contribution in [0.3, 0.4) is 0 Å². The zero-order valence-corrected chi connectivity index (χ0v) is 20.0. The Labute approximate surface area is 197 Å². The third kappa shape index (κ3) is 4.68. The van der Waals surface area contributed by atoms with Crippen LogP contribution in [0.4, 0.5) is 0 Å². The van der Waals surface area contributed by atoms with E-state index in [2.05, 4.69) is 15.1 Å². The van der Waals surface area contributed by atoms with Crippen LogP contribution in [0.2, 0.25) is 0 Å². The molecule has 0 N–H and O–H groups in total. The molecule has 0 saturated carbocycles. The predicted molar refractivity (Wildman–Crippen MR) is 121 cm³/mol. The summed E-state index contributed by atoms with van der Waals surface area (Å²) in [5.74, 6) is -0.422. The topological polar surface area (TPSA) is 122 Å². The molecule has 2 aromatic rings. The first kappa shape index (κ1) is 23.5. The number of carbonyl (C=O) groups excluding carboxylic acids is 4. The fourth-order valence-electron chi connectivity index (χ4n) is 4.43. The summed E-state index contributed by atoms with van der Waals surface area (Å²) in [6.45, 7) is 8.90. The Morgan fingerprint density at radius 3 is 1.94 bits per heavy atom. The maximum absolute atomic E-state index is 13.0. The molecule has 34 heavy (non-hydrogen) atoms. The van der Waals surface area contributed by atoms with E-state index in [0.29, 0.717) is 32.1 Å². The van der Waals surface area contributed by atoms with Crippen molar-refractivity contribution in [1.29, 1.82) is 0 Å². The van der Waals surface area contributed by atoms with Gasteiger partial charge in [-0.2, -0.15) is 5.10 Å². The second-order valence-corrected chi connectivity index (χ2v) is 8.82. The van der Waals surface area contributed by atoms with Crippen molar-refractivity contribution in [3.05, 3.63) is 34.4 Å². The molecule has 0 unspecified atom stereocenters. The number of likely N-dealkylation sites (tertiary alicyclic amines) is 1. The van der Waals surface area contributed by atoms with Crippen molar-refractivity contribution in [2.75, 3.05) is 32.7 Å². The molecule has 0 bridgehead atoms. The van der Waals surface area contributed by atoms with E-state index in [0.717, 1.165) is 33.2 Å². The SMILES string of the molecule is Cc1cc(C)nc(-n2nc(C)c(CC(=O)N3CCN(C(=O)CN4C(=O)CCC4=O)CC3)c2C)n1. The molecule has 0 aliphatic carbocycles. The number of aryl methyl sites for hydroxylation is 3. The molecule has 4 heterocycles. The van der Waals surface area contributed by atoms with E-state index in [1.165, 1.54) is 0 Å². The van der Waals surface area contributed by atoms with Crippen molar-refractivity contribution < 1.29 is 19.2 Å². The van der Waals surface area contributed by atoms with Crippen LogP contribution in [0.1, 0.15) is 41.2 Å². The largest absolute Gasteiger partial charge is 0.339 e. The Bertz CT molecular complexity index is 1130. The third-order valence-corrected chi connectivity index (χ3v) is 6.36. The first-order valence-electron chi connectivity index (χ1n) is 11.4. The average Bonchev–Trinajstić information content (AvgIpc) is 3.26. The highest BCUT2D eigenvalue weighted by molar-refractivity contribution is 6.04.